The van der Waals surface area contributed by atoms with Crippen molar-refractivity contribution in [2.75, 3.05) is 0 Å². The Hall–Kier alpha value is -1.13. The summed E-state index contributed by atoms with van der Waals surface area (Å²) >= 11 is -2.50. The molecule has 1 aromatic carbocycles. The van der Waals surface area contributed by atoms with Gasteiger partial charge in [0.25, 0.3) is 0 Å². The minimum absolute atomic E-state index is 0.300. The molecular formula is C8H7O3S-. The fourth-order valence-corrected chi connectivity index (χ4v) is 1.01. The van der Waals surface area contributed by atoms with E-state index in [2.05, 4.69) is 10.8 Å². The Bertz CT molecular complexity index is 292. The lowest BCUT2D eigenvalue weighted by Gasteiger charge is -2.06. The molecule has 0 aliphatic rings. The Morgan fingerprint density at radius 3 is 2.42 bits per heavy atom. The molecule has 0 aliphatic carbocycles. The van der Waals surface area contributed by atoms with Crippen LogP contribution in [0.2, 0.25) is 0 Å². The zero-order chi connectivity index (χ0) is 8.97. The SMILES string of the molecule is C=Cc1ccc(OS(=O)[O-])cc1. The third-order valence-electron chi connectivity index (χ3n) is 1.28. The van der Waals surface area contributed by atoms with Crippen molar-refractivity contribution in [2.24, 2.45) is 0 Å². The van der Waals surface area contributed by atoms with E-state index in [0.29, 0.717) is 5.75 Å². The van der Waals surface area contributed by atoms with Crippen LogP contribution in [0.25, 0.3) is 6.08 Å². The van der Waals surface area contributed by atoms with Crippen molar-refractivity contribution in [3.05, 3.63) is 36.4 Å². The molecule has 0 fully saturated rings. The zero-order valence-electron chi connectivity index (χ0n) is 6.23. The topological polar surface area (TPSA) is 49.4 Å². The van der Waals surface area contributed by atoms with Crippen molar-refractivity contribution in [3.8, 4) is 5.75 Å². The molecule has 3 nitrogen and oxygen atoms in total. The summed E-state index contributed by atoms with van der Waals surface area (Å²) in [7, 11) is 0. The summed E-state index contributed by atoms with van der Waals surface area (Å²) in [6.45, 7) is 3.56. The fourth-order valence-electron chi connectivity index (χ4n) is 0.738. The van der Waals surface area contributed by atoms with Crippen LogP contribution in [0.1, 0.15) is 5.56 Å². The first-order valence-electron chi connectivity index (χ1n) is 3.22. The average Bonchev–Trinajstić information content (AvgIpc) is 2.05. The van der Waals surface area contributed by atoms with E-state index >= 15 is 0 Å². The molecule has 0 saturated heterocycles. The van der Waals surface area contributed by atoms with Crippen LogP contribution in [0.5, 0.6) is 5.75 Å². The highest BCUT2D eigenvalue weighted by Crippen LogP contribution is 2.12. The van der Waals surface area contributed by atoms with Crippen LogP contribution in [0.15, 0.2) is 30.8 Å². The van der Waals surface area contributed by atoms with Gasteiger partial charge < -0.3 is 8.74 Å². The molecule has 0 spiro atoms. The van der Waals surface area contributed by atoms with E-state index < -0.39 is 11.4 Å². The van der Waals surface area contributed by atoms with E-state index in [1.165, 1.54) is 0 Å². The standard InChI is InChI=1S/C8H8O3S/c1-2-7-3-5-8(6-4-7)11-12(9)10/h2-6H,1H2,(H,9,10)/p-1. The molecule has 12 heavy (non-hydrogen) atoms. The fraction of sp³-hybridized carbons (Fsp3) is 0. The molecule has 1 unspecified atom stereocenters. The molecule has 1 atom stereocenters. The summed E-state index contributed by atoms with van der Waals surface area (Å²) in [5, 5.41) is 0. The summed E-state index contributed by atoms with van der Waals surface area (Å²) in [5.41, 5.74) is 0.916. The van der Waals surface area contributed by atoms with E-state index in [-0.39, 0.29) is 0 Å². The van der Waals surface area contributed by atoms with Gasteiger partial charge in [0.05, 0.1) is 0 Å². The highest BCUT2D eigenvalue weighted by molar-refractivity contribution is 7.74. The van der Waals surface area contributed by atoms with Crippen molar-refractivity contribution in [2.45, 2.75) is 0 Å². The van der Waals surface area contributed by atoms with Crippen LogP contribution in [0.4, 0.5) is 0 Å². The van der Waals surface area contributed by atoms with Crippen molar-refractivity contribution < 1.29 is 12.9 Å². The first-order chi connectivity index (χ1) is 5.72. The van der Waals surface area contributed by atoms with Gasteiger partial charge in [-0.2, -0.15) is 0 Å². The van der Waals surface area contributed by atoms with Gasteiger partial charge in [0.15, 0.2) is 0 Å². The maximum absolute atomic E-state index is 10.1. The lowest BCUT2D eigenvalue weighted by atomic mass is 10.2. The molecule has 0 aliphatic heterocycles. The quantitative estimate of drug-likeness (QED) is 0.667. The van der Waals surface area contributed by atoms with Gasteiger partial charge in [-0.05, 0) is 17.7 Å². The van der Waals surface area contributed by atoms with Gasteiger partial charge >= 0.3 is 0 Å². The molecule has 0 N–H and O–H groups in total. The first-order valence-corrected chi connectivity index (χ1v) is 4.22. The number of benzene rings is 1. The molecule has 0 heterocycles. The molecule has 1 aromatic rings. The summed E-state index contributed by atoms with van der Waals surface area (Å²) < 4.78 is 24.6. The van der Waals surface area contributed by atoms with E-state index in [0.717, 1.165) is 5.56 Å². The Morgan fingerprint density at radius 1 is 1.42 bits per heavy atom. The zero-order valence-corrected chi connectivity index (χ0v) is 7.04. The van der Waals surface area contributed by atoms with Gasteiger partial charge in [-0.25, -0.2) is 4.21 Å². The second-order valence-corrected chi connectivity index (χ2v) is 2.64. The molecule has 0 bridgehead atoms. The summed E-state index contributed by atoms with van der Waals surface area (Å²) in [6, 6.07) is 6.56. The van der Waals surface area contributed by atoms with Gasteiger partial charge in [0, 0.05) is 0 Å². The smallest absolute Gasteiger partial charge is 0.139 e. The summed E-state index contributed by atoms with van der Waals surface area (Å²) in [6.07, 6.45) is 1.66. The first kappa shape index (κ1) is 8.96. The maximum Gasteiger partial charge on any atom is 0.139 e. The van der Waals surface area contributed by atoms with Crippen LogP contribution in [0.3, 0.4) is 0 Å². The highest BCUT2D eigenvalue weighted by Gasteiger charge is 1.91. The number of hydrogen-bond donors (Lipinski definition) is 0. The minimum atomic E-state index is -2.50. The predicted octanol–water partition coefficient (Wildman–Crippen LogP) is 1.50. The highest BCUT2D eigenvalue weighted by atomic mass is 32.2. The van der Waals surface area contributed by atoms with Gasteiger partial charge in [0.1, 0.15) is 17.1 Å². The van der Waals surface area contributed by atoms with Crippen molar-refractivity contribution in [1.82, 2.24) is 0 Å². The number of hydrogen-bond acceptors (Lipinski definition) is 3. The van der Waals surface area contributed by atoms with Crippen LogP contribution in [-0.2, 0) is 11.4 Å². The van der Waals surface area contributed by atoms with Gasteiger partial charge in [-0.3, -0.25) is 0 Å². The Balaban J connectivity index is 2.77. The molecule has 1 rings (SSSR count). The van der Waals surface area contributed by atoms with E-state index in [1.54, 1.807) is 30.3 Å². The van der Waals surface area contributed by atoms with Crippen LogP contribution >= 0.6 is 0 Å². The largest absolute Gasteiger partial charge is 0.740 e. The number of rotatable bonds is 3. The Morgan fingerprint density at radius 2 is 2.00 bits per heavy atom. The second kappa shape index (κ2) is 4.04. The van der Waals surface area contributed by atoms with Gasteiger partial charge in [0.2, 0.25) is 0 Å². The molecule has 0 aromatic heterocycles. The van der Waals surface area contributed by atoms with Crippen molar-refractivity contribution >= 4 is 17.4 Å². The monoisotopic (exact) mass is 183 g/mol. The third kappa shape index (κ3) is 2.48. The third-order valence-corrected chi connectivity index (χ3v) is 1.61. The molecule has 0 radical (unpaired) electrons. The molecule has 0 amide bonds. The molecule has 0 saturated carbocycles. The Labute approximate surface area is 73.2 Å². The maximum atomic E-state index is 10.1. The van der Waals surface area contributed by atoms with E-state index in [9.17, 15) is 8.76 Å². The molecular weight excluding hydrogens is 176 g/mol. The van der Waals surface area contributed by atoms with Gasteiger partial charge in [-0.1, -0.05) is 24.8 Å². The van der Waals surface area contributed by atoms with Crippen LogP contribution in [0, 0.1) is 0 Å². The summed E-state index contributed by atoms with van der Waals surface area (Å²) in [5.74, 6) is 0.300. The van der Waals surface area contributed by atoms with E-state index in [4.69, 9.17) is 0 Å². The predicted molar refractivity (Wildman–Crippen MR) is 46.1 cm³/mol. The molecule has 4 heteroatoms. The van der Waals surface area contributed by atoms with E-state index in [1.807, 2.05) is 0 Å². The normalized spacial score (nSPS) is 12.1. The average molecular weight is 183 g/mol. The van der Waals surface area contributed by atoms with Crippen LogP contribution < -0.4 is 4.18 Å². The summed E-state index contributed by atoms with van der Waals surface area (Å²) in [4.78, 5) is 0. The molecule has 64 valence electrons. The van der Waals surface area contributed by atoms with Crippen LogP contribution in [-0.4, -0.2) is 8.76 Å². The second-order valence-electron chi connectivity index (χ2n) is 2.06. The van der Waals surface area contributed by atoms with Crippen molar-refractivity contribution in [1.29, 1.82) is 0 Å². The van der Waals surface area contributed by atoms with Crippen molar-refractivity contribution in [3.63, 3.8) is 0 Å². The lowest BCUT2D eigenvalue weighted by Crippen LogP contribution is -1.97. The Kier molecular flexibility index (Phi) is 3.01. The van der Waals surface area contributed by atoms with Gasteiger partial charge in [-0.15, -0.1) is 0 Å². The lowest BCUT2D eigenvalue weighted by molar-refractivity contribution is 0.440. The minimum Gasteiger partial charge on any atom is -0.740 e.